The van der Waals surface area contributed by atoms with Crippen LogP contribution < -0.4 is 0 Å². The van der Waals surface area contributed by atoms with E-state index in [0.717, 1.165) is 0 Å². The Kier molecular flexibility index (Phi) is 13.0. The van der Waals surface area contributed by atoms with Crippen LogP contribution in [0, 0.1) is 0 Å². The first-order chi connectivity index (χ1) is 3.73. The molecule has 0 saturated carbocycles. The third kappa shape index (κ3) is 1540. The maximum absolute atomic E-state index is 8.74. The molecular formula is H4O7S2Zn. The summed E-state index contributed by atoms with van der Waals surface area (Å²) in [7, 11) is -4.67. The summed E-state index contributed by atoms with van der Waals surface area (Å²) in [5.74, 6) is 0. The Bertz CT molecular complexity index is 154. The van der Waals surface area contributed by atoms with Crippen LogP contribution in [0.2, 0.25) is 0 Å². The smallest absolute Gasteiger partial charge is 0.284 e. The zero-order valence-corrected chi connectivity index (χ0v) is 9.14. The second-order valence-electron chi connectivity index (χ2n) is 0.679. The molecule has 0 aromatic carbocycles. The molecule has 4 N–H and O–H groups in total. The van der Waals surface area contributed by atoms with E-state index in [2.05, 4.69) is 0 Å². The van der Waals surface area contributed by atoms with Crippen LogP contribution in [0.15, 0.2) is 0 Å². The van der Waals surface area contributed by atoms with Gasteiger partial charge in [-0.05, 0) is 0 Å². The van der Waals surface area contributed by atoms with Gasteiger partial charge in [-0.3, -0.25) is 18.2 Å². The van der Waals surface area contributed by atoms with Crippen molar-refractivity contribution in [3.05, 3.63) is 0 Å². The number of hydrogen-bond donors (Lipinski definition) is 4. The first-order valence-electron chi connectivity index (χ1n) is 1.23. The van der Waals surface area contributed by atoms with Gasteiger partial charge in [0.1, 0.15) is 0 Å². The Morgan fingerprint density at radius 2 is 1.10 bits per heavy atom. The van der Waals surface area contributed by atoms with Crippen LogP contribution in [0.5, 0.6) is 0 Å². The summed E-state index contributed by atoms with van der Waals surface area (Å²) in [5, 5.41) is 0. The van der Waals surface area contributed by atoms with Gasteiger partial charge in [0.05, 0.1) is 0 Å². The van der Waals surface area contributed by atoms with Crippen molar-refractivity contribution in [1.29, 1.82) is 0 Å². The van der Waals surface area contributed by atoms with Crippen molar-refractivity contribution in [2.24, 2.45) is 0 Å². The Labute approximate surface area is 72.3 Å². The maximum atomic E-state index is 8.74. The molecular weight excluding hydrogens is 242 g/mol. The fourth-order valence-corrected chi connectivity index (χ4v) is 0. The van der Waals surface area contributed by atoms with Crippen LogP contribution in [0.25, 0.3) is 0 Å². The van der Waals surface area contributed by atoms with Crippen LogP contribution in [-0.4, -0.2) is 30.8 Å². The van der Waals surface area contributed by atoms with Crippen LogP contribution in [0.4, 0.5) is 0 Å². The fraction of sp³-hybridized carbons (Fsp3) is 0. The van der Waals surface area contributed by atoms with Crippen LogP contribution in [0.3, 0.4) is 0 Å². The molecule has 0 radical (unpaired) electrons. The molecule has 0 atom stereocenters. The van der Waals surface area contributed by atoms with E-state index in [0.29, 0.717) is 0 Å². The van der Waals surface area contributed by atoms with Crippen molar-refractivity contribution >= 4 is 21.8 Å². The molecule has 0 spiro atoms. The predicted octanol–water partition coefficient (Wildman–Crippen LogP) is -0.974. The van der Waals surface area contributed by atoms with E-state index in [4.69, 9.17) is 30.8 Å². The van der Waals surface area contributed by atoms with E-state index >= 15 is 0 Å². The van der Waals surface area contributed by atoms with Crippen LogP contribution >= 0.6 is 0 Å². The van der Waals surface area contributed by atoms with E-state index in [1.54, 1.807) is 0 Å². The van der Waals surface area contributed by atoms with Crippen molar-refractivity contribution in [3.63, 3.8) is 0 Å². The SMILES string of the molecule is O=S(=O)(O)O.O=S(O)O.[Zn]. The molecule has 60 valence electrons. The number of rotatable bonds is 0. The second kappa shape index (κ2) is 7.67. The quantitative estimate of drug-likeness (QED) is 0.245. The summed E-state index contributed by atoms with van der Waals surface area (Å²) < 4.78 is 54.4. The van der Waals surface area contributed by atoms with Gasteiger partial charge < -0.3 is 0 Å². The molecule has 0 heterocycles. The molecule has 0 saturated heterocycles. The average molecular weight is 246 g/mol. The summed E-state index contributed by atoms with van der Waals surface area (Å²) in [4.78, 5) is 0. The Hall–Kier alpha value is 0.563. The standard InChI is InChI=1S/H2O4S.H2O3S.Zn/c1-5(2,3)4;1-4(2)3;/h(H2,1,2,3,4);(H2,1,2,3);. The van der Waals surface area contributed by atoms with Gasteiger partial charge in [0.15, 0.2) is 0 Å². The molecule has 0 aliphatic heterocycles. The molecule has 10 heavy (non-hydrogen) atoms. The van der Waals surface area contributed by atoms with Gasteiger partial charge in [0.2, 0.25) is 0 Å². The molecule has 0 fully saturated rings. The van der Waals surface area contributed by atoms with Gasteiger partial charge in [-0.1, -0.05) is 0 Å². The average Bonchev–Trinajstić information content (AvgIpc) is 1.19. The van der Waals surface area contributed by atoms with Gasteiger partial charge in [-0.2, -0.15) is 12.6 Å². The third-order valence-corrected chi connectivity index (χ3v) is 0. The molecule has 0 unspecified atom stereocenters. The Morgan fingerprint density at radius 3 is 1.10 bits per heavy atom. The summed E-state index contributed by atoms with van der Waals surface area (Å²) in [6, 6.07) is 0. The van der Waals surface area contributed by atoms with Gasteiger partial charge >= 0.3 is 10.4 Å². The monoisotopic (exact) mass is 244 g/mol. The largest absolute Gasteiger partial charge is 0.394 e. The molecule has 7 nitrogen and oxygen atoms in total. The van der Waals surface area contributed by atoms with Crippen molar-refractivity contribution in [2.75, 3.05) is 0 Å². The fourth-order valence-electron chi connectivity index (χ4n) is 0. The first kappa shape index (κ1) is 16.9. The summed E-state index contributed by atoms with van der Waals surface area (Å²) in [6.45, 7) is 0. The Balaban J connectivity index is -0.0000000910. The summed E-state index contributed by atoms with van der Waals surface area (Å²) >= 11 is -2.61. The van der Waals surface area contributed by atoms with E-state index in [-0.39, 0.29) is 19.5 Å². The topological polar surface area (TPSA) is 132 Å². The van der Waals surface area contributed by atoms with Crippen molar-refractivity contribution in [3.8, 4) is 0 Å². The van der Waals surface area contributed by atoms with Crippen molar-refractivity contribution in [2.45, 2.75) is 0 Å². The van der Waals surface area contributed by atoms with Gasteiger partial charge in [0.25, 0.3) is 11.4 Å². The molecule has 0 aliphatic carbocycles. The zero-order valence-electron chi connectivity index (χ0n) is 4.54. The summed E-state index contributed by atoms with van der Waals surface area (Å²) in [5.41, 5.74) is 0. The Morgan fingerprint density at radius 1 is 1.10 bits per heavy atom. The van der Waals surface area contributed by atoms with Crippen molar-refractivity contribution in [1.82, 2.24) is 0 Å². The van der Waals surface area contributed by atoms with Crippen LogP contribution in [0.1, 0.15) is 0 Å². The van der Waals surface area contributed by atoms with E-state index in [1.807, 2.05) is 0 Å². The van der Waals surface area contributed by atoms with E-state index in [1.165, 1.54) is 0 Å². The number of hydrogen-bond acceptors (Lipinski definition) is 3. The van der Waals surface area contributed by atoms with Gasteiger partial charge in [-0.25, -0.2) is 0 Å². The van der Waals surface area contributed by atoms with Crippen LogP contribution in [-0.2, 0) is 41.2 Å². The first-order valence-corrected chi connectivity index (χ1v) is 3.69. The molecule has 0 amide bonds. The second-order valence-corrected chi connectivity index (χ2v) is 2.04. The molecule has 10 heteroatoms. The minimum Gasteiger partial charge on any atom is -0.284 e. The molecule has 0 aromatic heterocycles. The maximum Gasteiger partial charge on any atom is 0.394 e. The van der Waals surface area contributed by atoms with Gasteiger partial charge in [0, 0.05) is 19.5 Å². The minimum absolute atomic E-state index is 0. The van der Waals surface area contributed by atoms with E-state index in [9.17, 15) is 0 Å². The molecule has 0 bridgehead atoms. The van der Waals surface area contributed by atoms with Gasteiger partial charge in [-0.15, -0.1) is 0 Å². The van der Waals surface area contributed by atoms with Crippen molar-refractivity contribution < 1.29 is 50.3 Å². The zero-order chi connectivity index (χ0) is 8.08. The summed E-state index contributed by atoms with van der Waals surface area (Å²) in [6.07, 6.45) is 0. The predicted molar refractivity (Wildman–Crippen MR) is 27.6 cm³/mol. The molecule has 0 aliphatic rings. The third-order valence-electron chi connectivity index (χ3n) is 0. The molecule has 0 aromatic rings. The normalized spacial score (nSPS) is 9.30. The van der Waals surface area contributed by atoms with E-state index < -0.39 is 21.8 Å². The minimum atomic E-state index is -4.67. The molecule has 0 rings (SSSR count).